The second-order valence-corrected chi connectivity index (χ2v) is 4.18. The van der Waals surface area contributed by atoms with Crippen LogP contribution in [0.1, 0.15) is 30.4 Å². The summed E-state index contributed by atoms with van der Waals surface area (Å²) >= 11 is 0. The molecule has 2 rings (SSSR count). The summed E-state index contributed by atoms with van der Waals surface area (Å²) in [6.07, 6.45) is -3.53. The van der Waals surface area contributed by atoms with Crippen LogP contribution >= 0.6 is 0 Å². The van der Waals surface area contributed by atoms with E-state index in [-0.39, 0.29) is 17.6 Å². The molecule has 0 heterocycles. The zero-order valence-electron chi connectivity index (χ0n) is 8.71. The number of alkyl halides is 3. The number of hydrogen-bond donors (Lipinski definition) is 0. The van der Waals surface area contributed by atoms with Crippen molar-refractivity contribution in [3.63, 3.8) is 0 Å². The lowest BCUT2D eigenvalue weighted by molar-refractivity contribution is -0.137. The molecule has 0 aliphatic heterocycles. The van der Waals surface area contributed by atoms with Crippen LogP contribution in [0.4, 0.5) is 13.2 Å². The van der Waals surface area contributed by atoms with Crippen LogP contribution in [0.5, 0.6) is 0 Å². The molecule has 0 radical (unpaired) electrons. The molecule has 0 N–H and O–H groups in total. The van der Waals surface area contributed by atoms with Crippen LogP contribution in [-0.4, -0.2) is 5.78 Å². The van der Waals surface area contributed by atoms with Crippen LogP contribution in [0, 0.1) is 5.92 Å². The summed E-state index contributed by atoms with van der Waals surface area (Å²) < 4.78 is 36.9. The van der Waals surface area contributed by atoms with Crippen molar-refractivity contribution in [3.05, 3.63) is 35.4 Å². The first kappa shape index (κ1) is 11.2. The fraction of sp³-hybridized carbons (Fsp3) is 0.417. The highest BCUT2D eigenvalue weighted by molar-refractivity contribution is 5.82. The molecule has 86 valence electrons. The lowest BCUT2D eigenvalue weighted by Crippen LogP contribution is -2.04. The third-order valence-electron chi connectivity index (χ3n) is 2.98. The Morgan fingerprint density at radius 3 is 2.19 bits per heavy atom. The third kappa shape index (κ3) is 2.10. The molecule has 1 nitrogen and oxygen atoms in total. The van der Waals surface area contributed by atoms with Crippen molar-refractivity contribution in [1.82, 2.24) is 0 Å². The first-order valence-electron chi connectivity index (χ1n) is 5.07. The van der Waals surface area contributed by atoms with Crippen molar-refractivity contribution in [1.29, 1.82) is 0 Å². The van der Waals surface area contributed by atoms with Crippen molar-refractivity contribution < 1.29 is 18.0 Å². The molecule has 2 atom stereocenters. The van der Waals surface area contributed by atoms with Crippen LogP contribution in [0.2, 0.25) is 0 Å². The van der Waals surface area contributed by atoms with Gasteiger partial charge < -0.3 is 0 Å². The number of carbonyl (C=O) groups is 1. The summed E-state index contributed by atoms with van der Waals surface area (Å²) in [4.78, 5) is 11.0. The second-order valence-electron chi connectivity index (χ2n) is 4.18. The van der Waals surface area contributed by atoms with Crippen LogP contribution < -0.4 is 0 Å². The molecular formula is C12H11F3O. The molecule has 1 aliphatic rings. The Labute approximate surface area is 91.3 Å². The van der Waals surface area contributed by atoms with Gasteiger partial charge >= 0.3 is 6.18 Å². The minimum atomic E-state index is -4.29. The average Bonchev–Trinajstić information content (AvgIpc) is 2.96. The fourth-order valence-electron chi connectivity index (χ4n) is 1.93. The van der Waals surface area contributed by atoms with Gasteiger partial charge in [-0.15, -0.1) is 0 Å². The normalized spacial score (nSPS) is 24.2. The molecule has 0 aromatic heterocycles. The molecule has 1 aromatic rings. The first-order valence-corrected chi connectivity index (χ1v) is 5.07. The largest absolute Gasteiger partial charge is 0.416 e. The van der Waals surface area contributed by atoms with Crippen molar-refractivity contribution in [2.24, 2.45) is 5.92 Å². The van der Waals surface area contributed by atoms with E-state index in [4.69, 9.17) is 0 Å². The molecular weight excluding hydrogens is 217 g/mol. The summed E-state index contributed by atoms with van der Waals surface area (Å²) in [7, 11) is 0. The molecule has 4 heteroatoms. The topological polar surface area (TPSA) is 17.1 Å². The smallest absolute Gasteiger partial charge is 0.300 e. The monoisotopic (exact) mass is 228 g/mol. The van der Waals surface area contributed by atoms with Gasteiger partial charge in [0.1, 0.15) is 5.78 Å². The van der Waals surface area contributed by atoms with Gasteiger partial charge in [-0.2, -0.15) is 13.2 Å². The average molecular weight is 228 g/mol. The molecule has 1 saturated carbocycles. The third-order valence-corrected chi connectivity index (χ3v) is 2.98. The molecule has 1 aliphatic carbocycles. The minimum Gasteiger partial charge on any atom is -0.300 e. The highest BCUT2D eigenvalue weighted by atomic mass is 19.4. The van der Waals surface area contributed by atoms with E-state index in [0.29, 0.717) is 0 Å². The molecule has 0 amide bonds. The number of halogens is 3. The van der Waals surface area contributed by atoms with E-state index in [2.05, 4.69) is 0 Å². The van der Waals surface area contributed by atoms with Gasteiger partial charge in [-0.05, 0) is 37.0 Å². The van der Waals surface area contributed by atoms with Gasteiger partial charge in [-0.25, -0.2) is 0 Å². The summed E-state index contributed by atoms with van der Waals surface area (Å²) in [6.45, 7) is 1.52. The number of Topliss-reactive ketones (excluding diaryl/α,β-unsaturated/α-hetero) is 1. The Hall–Kier alpha value is -1.32. The number of ketones is 1. The maximum atomic E-state index is 12.3. The van der Waals surface area contributed by atoms with E-state index in [9.17, 15) is 18.0 Å². The van der Waals surface area contributed by atoms with E-state index in [0.717, 1.165) is 24.1 Å². The Bertz CT molecular complexity index is 405. The Morgan fingerprint density at radius 2 is 1.81 bits per heavy atom. The summed E-state index contributed by atoms with van der Waals surface area (Å²) in [5, 5.41) is 0. The van der Waals surface area contributed by atoms with Crippen molar-refractivity contribution >= 4 is 5.78 Å². The second kappa shape index (κ2) is 3.61. The van der Waals surface area contributed by atoms with Crippen LogP contribution in [-0.2, 0) is 11.0 Å². The maximum Gasteiger partial charge on any atom is 0.416 e. The molecule has 16 heavy (non-hydrogen) atoms. The number of hydrogen-bond acceptors (Lipinski definition) is 1. The SMILES string of the molecule is CC(=O)C1C[C@H]1c1ccc(C(F)(F)F)cc1. The fourth-order valence-corrected chi connectivity index (χ4v) is 1.93. The molecule has 0 bridgehead atoms. The van der Waals surface area contributed by atoms with Crippen LogP contribution in [0.3, 0.4) is 0 Å². The molecule has 0 saturated heterocycles. The van der Waals surface area contributed by atoms with Gasteiger partial charge in [0, 0.05) is 5.92 Å². The van der Waals surface area contributed by atoms with E-state index in [1.54, 1.807) is 0 Å². The van der Waals surface area contributed by atoms with Crippen LogP contribution in [0.25, 0.3) is 0 Å². The predicted molar refractivity (Wildman–Crippen MR) is 53.0 cm³/mol. The minimum absolute atomic E-state index is 0.0109. The first-order chi connectivity index (χ1) is 7.39. The summed E-state index contributed by atoms with van der Waals surface area (Å²) in [5.74, 6) is 0.251. The van der Waals surface area contributed by atoms with Gasteiger partial charge in [-0.3, -0.25) is 4.79 Å². The number of benzene rings is 1. The lowest BCUT2D eigenvalue weighted by Gasteiger charge is -2.07. The van der Waals surface area contributed by atoms with E-state index in [1.807, 2.05) is 0 Å². The zero-order chi connectivity index (χ0) is 11.9. The number of carbonyl (C=O) groups excluding carboxylic acids is 1. The van der Waals surface area contributed by atoms with Crippen molar-refractivity contribution in [2.75, 3.05) is 0 Å². The zero-order valence-corrected chi connectivity index (χ0v) is 8.71. The molecule has 0 spiro atoms. The van der Waals surface area contributed by atoms with Crippen LogP contribution in [0.15, 0.2) is 24.3 Å². The standard InChI is InChI=1S/C12H11F3O/c1-7(16)10-6-11(10)8-2-4-9(5-3-8)12(13,14)15/h2-5,10-11H,6H2,1H3/t10?,11-/m0/s1. The molecule has 1 fully saturated rings. The molecule has 1 unspecified atom stereocenters. The summed E-state index contributed by atoms with van der Waals surface area (Å²) in [6, 6.07) is 5.09. The number of rotatable bonds is 2. The van der Waals surface area contributed by atoms with Gasteiger partial charge in [0.25, 0.3) is 0 Å². The summed E-state index contributed by atoms with van der Waals surface area (Å²) in [5.41, 5.74) is 0.185. The van der Waals surface area contributed by atoms with Gasteiger partial charge in [0.05, 0.1) is 5.56 Å². The molecule has 1 aromatic carbocycles. The Morgan fingerprint density at radius 1 is 1.25 bits per heavy atom. The lowest BCUT2D eigenvalue weighted by atomic mass is 10.1. The van der Waals surface area contributed by atoms with Gasteiger partial charge in [-0.1, -0.05) is 12.1 Å². The van der Waals surface area contributed by atoms with Crippen molar-refractivity contribution in [3.8, 4) is 0 Å². The highest BCUT2D eigenvalue weighted by Crippen LogP contribution is 2.48. The Kier molecular flexibility index (Phi) is 2.52. The van der Waals surface area contributed by atoms with Crippen molar-refractivity contribution in [2.45, 2.75) is 25.4 Å². The van der Waals surface area contributed by atoms with Gasteiger partial charge in [0.15, 0.2) is 0 Å². The van der Waals surface area contributed by atoms with Gasteiger partial charge in [0.2, 0.25) is 0 Å². The predicted octanol–water partition coefficient (Wildman–Crippen LogP) is 3.40. The highest BCUT2D eigenvalue weighted by Gasteiger charge is 2.42. The quantitative estimate of drug-likeness (QED) is 0.758. The Balaban J connectivity index is 2.13. The van der Waals surface area contributed by atoms with E-state index < -0.39 is 11.7 Å². The van der Waals surface area contributed by atoms with E-state index in [1.165, 1.54) is 19.1 Å². The maximum absolute atomic E-state index is 12.3. The van der Waals surface area contributed by atoms with E-state index >= 15 is 0 Å².